The van der Waals surface area contributed by atoms with Crippen LogP contribution in [0.5, 0.6) is 0 Å². The zero-order valence-electron chi connectivity index (χ0n) is 7.73. The summed E-state index contributed by atoms with van der Waals surface area (Å²) in [4.78, 5) is 17.1. The van der Waals surface area contributed by atoms with Crippen LogP contribution in [0.3, 0.4) is 0 Å². The minimum Gasteiger partial charge on any atom is -0.384 e. The van der Waals surface area contributed by atoms with E-state index in [1.165, 1.54) is 0 Å². The van der Waals surface area contributed by atoms with Crippen molar-refractivity contribution in [3.63, 3.8) is 0 Å². The monoisotopic (exact) mass is 192 g/mol. The molecule has 14 heavy (non-hydrogen) atoms. The molecule has 0 saturated carbocycles. The number of rotatable bonds is 1. The van der Waals surface area contributed by atoms with Crippen LogP contribution < -0.4 is 16.0 Å². The second-order valence-corrected chi connectivity index (χ2v) is 3.16. The lowest BCUT2D eigenvalue weighted by Crippen LogP contribution is -2.48. The van der Waals surface area contributed by atoms with E-state index < -0.39 is 0 Å². The molecule has 2 heterocycles. The zero-order valence-corrected chi connectivity index (χ0v) is 7.73. The van der Waals surface area contributed by atoms with Gasteiger partial charge in [0, 0.05) is 13.1 Å². The standard InChI is InChI=1S/C9H12N4O/c10-8-2-1-7(5-12-8)13-4-3-11-6-9(13)14/h1-2,5,11H,3-4,6H2,(H2,10,12). The van der Waals surface area contributed by atoms with E-state index in [1.807, 2.05) is 6.07 Å². The van der Waals surface area contributed by atoms with E-state index in [4.69, 9.17) is 5.73 Å². The van der Waals surface area contributed by atoms with Gasteiger partial charge in [0.05, 0.1) is 18.4 Å². The molecule has 1 amide bonds. The Balaban J connectivity index is 2.20. The Kier molecular flexibility index (Phi) is 2.32. The van der Waals surface area contributed by atoms with Crippen LogP contribution in [-0.4, -0.2) is 30.5 Å². The first kappa shape index (κ1) is 8.96. The topological polar surface area (TPSA) is 71.2 Å². The number of aromatic nitrogens is 1. The Morgan fingerprint density at radius 1 is 1.50 bits per heavy atom. The number of amides is 1. The van der Waals surface area contributed by atoms with Crippen molar-refractivity contribution in [2.24, 2.45) is 0 Å². The molecule has 3 N–H and O–H groups in total. The van der Waals surface area contributed by atoms with Gasteiger partial charge in [-0.25, -0.2) is 4.98 Å². The van der Waals surface area contributed by atoms with Crippen LogP contribution in [0.2, 0.25) is 0 Å². The molecule has 0 spiro atoms. The van der Waals surface area contributed by atoms with Gasteiger partial charge in [0.1, 0.15) is 5.82 Å². The van der Waals surface area contributed by atoms with E-state index in [9.17, 15) is 4.79 Å². The predicted octanol–water partition coefficient (Wildman–Crippen LogP) is -0.400. The summed E-state index contributed by atoms with van der Waals surface area (Å²) < 4.78 is 0. The summed E-state index contributed by atoms with van der Waals surface area (Å²) in [6.07, 6.45) is 1.62. The van der Waals surface area contributed by atoms with Crippen LogP contribution in [0.4, 0.5) is 11.5 Å². The van der Waals surface area contributed by atoms with E-state index in [0.29, 0.717) is 18.9 Å². The molecule has 5 nitrogen and oxygen atoms in total. The molecule has 1 aromatic rings. The molecule has 0 unspecified atom stereocenters. The number of carbonyl (C=O) groups is 1. The average molecular weight is 192 g/mol. The fraction of sp³-hybridized carbons (Fsp3) is 0.333. The molecule has 0 atom stereocenters. The van der Waals surface area contributed by atoms with Crippen LogP contribution in [0.15, 0.2) is 18.3 Å². The number of carbonyl (C=O) groups excluding carboxylic acids is 1. The van der Waals surface area contributed by atoms with Crippen LogP contribution in [0.25, 0.3) is 0 Å². The summed E-state index contributed by atoms with van der Waals surface area (Å²) in [5.41, 5.74) is 6.27. The zero-order chi connectivity index (χ0) is 9.97. The molecule has 0 bridgehead atoms. The van der Waals surface area contributed by atoms with E-state index in [2.05, 4.69) is 10.3 Å². The highest BCUT2D eigenvalue weighted by Crippen LogP contribution is 2.14. The minimum atomic E-state index is 0.0721. The third kappa shape index (κ3) is 1.67. The van der Waals surface area contributed by atoms with E-state index >= 15 is 0 Å². The van der Waals surface area contributed by atoms with Crippen LogP contribution in [0, 0.1) is 0 Å². The summed E-state index contributed by atoms with van der Waals surface area (Å²) in [6, 6.07) is 3.51. The normalized spacial score (nSPS) is 17.1. The molecule has 1 aliphatic rings. The fourth-order valence-corrected chi connectivity index (χ4v) is 1.44. The number of nitrogens with one attached hydrogen (secondary N) is 1. The Bertz CT molecular complexity index is 335. The number of anilines is 2. The van der Waals surface area contributed by atoms with Crippen molar-refractivity contribution in [1.82, 2.24) is 10.3 Å². The highest BCUT2D eigenvalue weighted by Gasteiger charge is 2.18. The van der Waals surface area contributed by atoms with Gasteiger partial charge in [0.2, 0.25) is 5.91 Å². The van der Waals surface area contributed by atoms with Gasteiger partial charge in [-0.05, 0) is 12.1 Å². The number of hydrogen-bond donors (Lipinski definition) is 2. The third-order valence-electron chi connectivity index (χ3n) is 2.17. The molecule has 1 aliphatic heterocycles. The Morgan fingerprint density at radius 3 is 3.00 bits per heavy atom. The highest BCUT2D eigenvalue weighted by atomic mass is 16.2. The Morgan fingerprint density at radius 2 is 2.36 bits per heavy atom. The summed E-state index contributed by atoms with van der Waals surface area (Å²) in [5.74, 6) is 0.541. The molecule has 1 fully saturated rings. The van der Waals surface area contributed by atoms with Crippen LogP contribution in [0.1, 0.15) is 0 Å². The van der Waals surface area contributed by atoms with E-state index in [0.717, 1.165) is 12.2 Å². The summed E-state index contributed by atoms with van der Waals surface area (Å²) in [7, 11) is 0. The van der Waals surface area contributed by atoms with Crippen molar-refractivity contribution in [3.8, 4) is 0 Å². The molecule has 2 rings (SSSR count). The molecule has 0 aromatic carbocycles. The predicted molar refractivity (Wildman–Crippen MR) is 53.9 cm³/mol. The lowest BCUT2D eigenvalue weighted by Gasteiger charge is -2.27. The SMILES string of the molecule is Nc1ccc(N2CCNCC2=O)cn1. The molecule has 5 heteroatoms. The van der Waals surface area contributed by atoms with Gasteiger partial charge in [0.15, 0.2) is 0 Å². The molecule has 1 aromatic heterocycles. The van der Waals surface area contributed by atoms with Crippen LogP contribution >= 0.6 is 0 Å². The Hall–Kier alpha value is -1.62. The summed E-state index contributed by atoms with van der Waals surface area (Å²) in [6.45, 7) is 1.89. The summed E-state index contributed by atoms with van der Waals surface area (Å²) >= 11 is 0. The molecule has 0 aliphatic carbocycles. The number of hydrogen-bond acceptors (Lipinski definition) is 4. The van der Waals surface area contributed by atoms with Gasteiger partial charge in [-0.1, -0.05) is 0 Å². The van der Waals surface area contributed by atoms with Gasteiger partial charge >= 0.3 is 0 Å². The van der Waals surface area contributed by atoms with Crippen molar-refractivity contribution in [2.45, 2.75) is 0 Å². The summed E-state index contributed by atoms with van der Waals surface area (Å²) in [5, 5.41) is 3.01. The molecule has 1 saturated heterocycles. The van der Waals surface area contributed by atoms with Crippen molar-refractivity contribution in [1.29, 1.82) is 0 Å². The minimum absolute atomic E-state index is 0.0721. The third-order valence-corrected chi connectivity index (χ3v) is 2.17. The first-order valence-corrected chi connectivity index (χ1v) is 4.50. The lowest BCUT2D eigenvalue weighted by atomic mass is 10.3. The van der Waals surface area contributed by atoms with Gasteiger partial charge in [0.25, 0.3) is 0 Å². The second-order valence-electron chi connectivity index (χ2n) is 3.16. The molecule has 0 radical (unpaired) electrons. The van der Waals surface area contributed by atoms with Crippen LogP contribution in [-0.2, 0) is 4.79 Å². The number of nitrogens with two attached hydrogens (primary N) is 1. The number of pyridine rings is 1. The number of nitrogen functional groups attached to an aromatic ring is 1. The van der Waals surface area contributed by atoms with E-state index in [1.54, 1.807) is 17.2 Å². The van der Waals surface area contributed by atoms with Gasteiger partial charge in [-0.3, -0.25) is 4.79 Å². The van der Waals surface area contributed by atoms with Crippen molar-refractivity contribution < 1.29 is 4.79 Å². The highest BCUT2D eigenvalue weighted by molar-refractivity contribution is 5.95. The van der Waals surface area contributed by atoms with Crippen molar-refractivity contribution in [2.75, 3.05) is 30.3 Å². The van der Waals surface area contributed by atoms with Gasteiger partial charge in [-0.15, -0.1) is 0 Å². The fourth-order valence-electron chi connectivity index (χ4n) is 1.44. The maximum atomic E-state index is 11.5. The first-order chi connectivity index (χ1) is 6.77. The average Bonchev–Trinajstić information content (AvgIpc) is 2.20. The first-order valence-electron chi connectivity index (χ1n) is 4.50. The second kappa shape index (κ2) is 3.63. The largest absolute Gasteiger partial charge is 0.384 e. The van der Waals surface area contributed by atoms with Gasteiger partial charge < -0.3 is 16.0 Å². The molecular formula is C9H12N4O. The van der Waals surface area contributed by atoms with Gasteiger partial charge in [-0.2, -0.15) is 0 Å². The maximum absolute atomic E-state index is 11.5. The quantitative estimate of drug-likeness (QED) is 0.635. The lowest BCUT2D eigenvalue weighted by molar-refractivity contribution is -0.118. The maximum Gasteiger partial charge on any atom is 0.241 e. The molecule has 74 valence electrons. The number of nitrogens with zero attached hydrogens (tertiary/aromatic N) is 2. The smallest absolute Gasteiger partial charge is 0.241 e. The Labute approximate surface area is 81.9 Å². The van der Waals surface area contributed by atoms with Crippen molar-refractivity contribution >= 4 is 17.4 Å². The number of piperazine rings is 1. The van der Waals surface area contributed by atoms with E-state index in [-0.39, 0.29) is 5.91 Å². The molecular weight excluding hydrogens is 180 g/mol. The van der Waals surface area contributed by atoms with Crippen molar-refractivity contribution in [3.05, 3.63) is 18.3 Å².